The zero-order valence-corrected chi connectivity index (χ0v) is 16.5. The Morgan fingerprint density at radius 1 is 1.18 bits per heavy atom. The summed E-state index contributed by atoms with van der Waals surface area (Å²) in [7, 11) is 0. The Bertz CT molecular complexity index is 1220. The fraction of sp³-hybridized carbons (Fsp3) is 0.167. The minimum atomic E-state index is -0.790. The van der Waals surface area contributed by atoms with Gasteiger partial charge >= 0.3 is 11.1 Å². The number of carbonyl (C=O) groups excluding carboxylic acids is 1. The van der Waals surface area contributed by atoms with E-state index in [9.17, 15) is 14.4 Å². The van der Waals surface area contributed by atoms with Crippen LogP contribution in [0.5, 0.6) is 0 Å². The molecule has 7 nitrogen and oxygen atoms in total. The second-order valence-electron chi connectivity index (χ2n) is 6.37. The highest BCUT2D eigenvalue weighted by Gasteiger charge is 2.28. The average Bonchev–Trinajstić information content (AvgIpc) is 2.66. The number of nitrogens with one attached hydrogen (secondary N) is 3. The van der Waals surface area contributed by atoms with Crippen LogP contribution in [-0.4, -0.2) is 22.0 Å². The van der Waals surface area contributed by atoms with Crippen LogP contribution in [0.4, 0.5) is 11.4 Å². The van der Waals surface area contributed by atoms with E-state index in [1.165, 1.54) is 10.6 Å². The van der Waals surface area contributed by atoms with Crippen molar-refractivity contribution >= 4 is 63.1 Å². The van der Waals surface area contributed by atoms with Crippen molar-refractivity contribution in [1.82, 2.24) is 9.55 Å². The SMILES string of the molecule is O=C(CC1CNc2c(Cl)c(Cl)cc3[nH]c(=O)c(=O)n1c23)Nc1ccc(Cl)cc1. The number of rotatable bonds is 3. The molecule has 0 saturated heterocycles. The van der Waals surface area contributed by atoms with Crippen LogP contribution < -0.4 is 21.8 Å². The molecule has 3 N–H and O–H groups in total. The minimum Gasteiger partial charge on any atom is -0.380 e. The third-order valence-electron chi connectivity index (χ3n) is 4.52. The van der Waals surface area contributed by atoms with Gasteiger partial charge in [-0.15, -0.1) is 0 Å². The Kier molecular flexibility index (Phi) is 4.82. The fourth-order valence-corrected chi connectivity index (χ4v) is 3.83. The number of H-pyrrole nitrogens is 1. The van der Waals surface area contributed by atoms with E-state index < -0.39 is 17.2 Å². The van der Waals surface area contributed by atoms with Crippen LogP contribution in [0.25, 0.3) is 11.0 Å². The van der Waals surface area contributed by atoms with Crippen LogP contribution >= 0.6 is 34.8 Å². The topological polar surface area (TPSA) is 96.0 Å². The lowest BCUT2D eigenvalue weighted by Gasteiger charge is -2.29. The van der Waals surface area contributed by atoms with Gasteiger partial charge in [0.1, 0.15) is 0 Å². The molecule has 1 amide bonds. The van der Waals surface area contributed by atoms with E-state index in [4.69, 9.17) is 34.8 Å². The molecule has 28 heavy (non-hydrogen) atoms. The van der Waals surface area contributed by atoms with E-state index in [1.54, 1.807) is 24.3 Å². The zero-order valence-electron chi connectivity index (χ0n) is 14.2. The van der Waals surface area contributed by atoms with Gasteiger partial charge in [-0.25, -0.2) is 0 Å². The molecular weight excluding hydrogens is 427 g/mol. The van der Waals surface area contributed by atoms with Crippen LogP contribution in [0.1, 0.15) is 12.5 Å². The summed E-state index contributed by atoms with van der Waals surface area (Å²) < 4.78 is 1.31. The predicted molar refractivity (Wildman–Crippen MR) is 111 cm³/mol. The molecule has 2 heterocycles. The molecule has 0 aliphatic carbocycles. The maximum Gasteiger partial charge on any atom is 0.317 e. The predicted octanol–water partition coefficient (Wildman–Crippen LogP) is 3.65. The molecule has 0 fully saturated rings. The molecule has 1 aromatic heterocycles. The number of hydrogen-bond acceptors (Lipinski definition) is 4. The Morgan fingerprint density at radius 2 is 1.89 bits per heavy atom. The number of aromatic amines is 1. The molecule has 1 unspecified atom stereocenters. The average molecular weight is 440 g/mol. The number of carbonyl (C=O) groups is 1. The highest BCUT2D eigenvalue weighted by atomic mass is 35.5. The summed E-state index contributed by atoms with van der Waals surface area (Å²) in [4.78, 5) is 39.7. The smallest absolute Gasteiger partial charge is 0.317 e. The fourth-order valence-electron chi connectivity index (χ4n) is 3.29. The summed E-state index contributed by atoms with van der Waals surface area (Å²) >= 11 is 18.2. The number of hydrogen-bond donors (Lipinski definition) is 3. The number of aromatic nitrogens is 2. The van der Waals surface area contributed by atoms with Crippen molar-refractivity contribution < 1.29 is 4.79 Å². The first-order valence-corrected chi connectivity index (χ1v) is 9.44. The van der Waals surface area contributed by atoms with Crippen molar-refractivity contribution in [3.63, 3.8) is 0 Å². The van der Waals surface area contributed by atoms with E-state index in [0.717, 1.165) is 0 Å². The molecule has 4 rings (SSSR count). The van der Waals surface area contributed by atoms with Gasteiger partial charge in [0.15, 0.2) is 0 Å². The highest BCUT2D eigenvalue weighted by molar-refractivity contribution is 6.45. The summed E-state index contributed by atoms with van der Waals surface area (Å²) in [6, 6.07) is 7.58. The van der Waals surface area contributed by atoms with Crippen LogP contribution in [0.2, 0.25) is 15.1 Å². The van der Waals surface area contributed by atoms with Crippen molar-refractivity contribution in [1.29, 1.82) is 0 Å². The normalized spacial score (nSPS) is 15.3. The lowest BCUT2D eigenvalue weighted by molar-refractivity contribution is -0.116. The first kappa shape index (κ1) is 18.9. The van der Waals surface area contributed by atoms with Gasteiger partial charge in [0, 0.05) is 23.7 Å². The molecule has 0 saturated carbocycles. The number of amides is 1. The number of nitrogens with zero attached hydrogens (tertiary/aromatic N) is 1. The van der Waals surface area contributed by atoms with E-state index in [1.807, 2.05) is 0 Å². The van der Waals surface area contributed by atoms with Gasteiger partial charge in [-0.1, -0.05) is 34.8 Å². The summed E-state index contributed by atoms with van der Waals surface area (Å²) in [6.07, 6.45) is -0.0201. The Balaban J connectivity index is 1.73. The zero-order chi connectivity index (χ0) is 20.0. The second-order valence-corrected chi connectivity index (χ2v) is 7.59. The van der Waals surface area contributed by atoms with Gasteiger partial charge < -0.3 is 15.6 Å². The van der Waals surface area contributed by atoms with Gasteiger partial charge in [0.25, 0.3) is 0 Å². The highest BCUT2D eigenvalue weighted by Crippen LogP contribution is 2.39. The maximum atomic E-state index is 12.6. The Labute approximate surface area is 173 Å². The molecule has 3 aromatic rings. The summed E-state index contributed by atoms with van der Waals surface area (Å²) in [5.41, 5.74) is 0.266. The van der Waals surface area contributed by atoms with Gasteiger partial charge in [-0.3, -0.25) is 19.0 Å². The molecule has 1 aliphatic heterocycles. The number of anilines is 2. The van der Waals surface area contributed by atoms with Crippen LogP contribution in [-0.2, 0) is 4.79 Å². The summed E-state index contributed by atoms with van der Waals surface area (Å²) in [5, 5.41) is 6.92. The largest absolute Gasteiger partial charge is 0.380 e. The molecule has 10 heteroatoms. The molecule has 0 spiro atoms. The van der Waals surface area contributed by atoms with E-state index in [-0.39, 0.29) is 28.9 Å². The molecule has 1 atom stereocenters. The van der Waals surface area contributed by atoms with Gasteiger partial charge in [-0.05, 0) is 30.3 Å². The van der Waals surface area contributed by atoms with Crippen molar-refractivity contribution in [2.24, 2.45) is 0 Å². The van der Waals surface area contributed by atoms with Crippen LogP contribution in [0.15, 0.2) is 39.9 Å². The monoisotopic (exact) mass is 438 g/mol. The third kappa shape index (κ3) is 3.26. The second kappa shape index (κ2) is 7.16. The standard InChI is InChI=1S/C18H13Cl3N4O3/c19-8-1-3-9(4-2-8)23-13(26)5-10-7-22-15-14(21)11(20)6-12-16(15)25(10)18(28)17(27)24-12/h1-4,6,10,22H,5,7H2,(H,23,26)(H,24,27). The Morgan fingerprint density at radius 3 is 2.61 bits per heavy atom. The van der Waals surface area contributed by atoms with Gasteiger partial charge in [0.2, 0.25) is 5.91 Å². The molecule has 144 valence electrons. The van der Waals surface area contributed by atoms with E-state index >= 15 is 0 Å². The molecule has 1 aliphatic rings. The van der Waals surface area contributed by atoms with Crippen molar-refractivity contribution in [3.05, 3.63) is 66.1 Å². The van der Waals surface area contributed by atoms with Crippen LogP contribution in [0, 0.1) is 0 Å². The summed E-state index contributed by atoms with van der Waals surface area (Å²) in [6.45, 7) is 0.236. The van der Waals surface area contributed by atoms with Crippen LogP contribution in [0.3, 0.4) is 0 Å². The quantitative estimate of drug-likeness (QED) is 0.543. The lowest BCUT2D eigenvalue weighted by Crippen LogP contribution is -2.43. The van der Waals surface area contributed by atoms with Gasteiger partial charge in [0.05, 0.1) is 32.8 Å². The van der Waals surface area contributed by atoms with Crippen molar-refractivity contribution in [3.8, 4) is 0 Å². The summed E-state index contributed by atoms with van der Waals surface area (Å²) in [5.74, 6) is -0.307. The van der Waals surface area contributed by atoms with E-state index in [0.29, 0.717) is 27.4 Å². The van der Waals surface area contributed by atoms with Gasteiger partial charge in [-0.2, -0.15) is 0 Å². The molecule has 2 aromatic carbocycles. The number of halogens is 3. The molecule has 0 bridgehead atoms. The minimum absolute atomic E-state index is 0.0201. The molecule has 0 radical (unpaired) electrons. The number of benzene rings is 2. The maximum absolute atomic E-state index is 12.6. The van der Waals surface area contributed by atoms with E-state index in [2.05, 4.69) is 15.6 Å². The third-order valence-corrected chi connectivity index (χ3v) is 5.56. The lowest BCUT2D eigenvalue weighted by atomic mass is 10.1. The van der Waals surface area contributed by atoms with Crippen molar-refractivity contribution in [2.75, 3.05) is 17.2 Å². The first-order chi connectivity index (χ1) is 13.3. The molecular formula is C18H13Cl3N4O3. The first-order valence-electron chi connectivity index (χ1n) is 8.31. The Hall–Kier alpha value is -2.48. The van der Waals surface area contributed by atoms with Crippen molar-refractivity contribution in [2.45, 2.75) is 12.5 Å².